The van der Waals surface area contributed by atoms with Crippen molar-refractivity contribution >= 4 is 11.6 Å². The number of benzene rings is 2. The van der Waals surface area contributed by atoms with E-state index in [4.69, 9.17) is 5.26 Å². The molecular formula is C19H14FN5O. The van der Waals surface area contributed by atoms with Gasteiger partial charge in [0.25, 0.3) is 5.91 Å². The maximum atomic E-state index is 13.4. The van der Waals surface area contributed by atoms with Gasteiger partial charge in [0, 0.05) is 11.6 Å². The number of rotatable bonds is 4. The maximum absolute atomic E-state index is 13.4. The van der Waals surface area contributed by atoms with E-state index >= 15 is 0 Å². The summed E-state index contributed by atoms with van der Waals surface area (Å²) < 4.78 is 15.1. The molecule has 0 bridgehead atoms. The molecule has 1 aliphatic carbocycles. The number of para-hydroxylation sites is 1. The fraction of sp³-hybridized carbons (Fsp3) is 0.158. The second-order valence-corrected chi connectivity index (χ2v) is 6.11. The van der Waals surface area contributed by atoms with Gasteiger partial charge in [-0.3, -0.25) is 4.79 Å². The summed E-state index contributed by atoms with van der Waals surface area (Å²) in [6.07, 6.45) is 1.96. The summed E-state index contributed by atoms with van der Waals surface area (Å²) in [5, 5.41) is 19.8. The smallest absolute Gasteiger partial charge is 0.278 e. The SMILES string of the molecule is N#Cc1cc(NC(=O)c2nnn(-c3ccccc3)c2C2CC2)ccc1F. The minimum absolute atomic E-state index is 0.127. The number of anilines is 1. The van der Waals surface area contributed by atoms with Gasteiger partial charge in [-0.05, 0) is 43.2 Å². The summed E-state index contributed by atoms with van der Waals surface area (Å²) in [5.74, 6) is -0.808. The number of hydrogen-bond donors (Lipinski definition) is 1. The maximum Gasteiger partial charge on any atom is 0.278 e. The van der Waals surface area contributed by atoms with E-state index in [-0.39, 0.29) is 17.2 Å². The molecule has 2 aromatic carbocycles. The molecule has 0 radical (unpaired) electrons. The van der Waals surface area contributed by atoms with Crippen LogP contribution in [0.25, 0.3) is 5.69 Å². The van der Waals surface area contributed by atoms with Crippen LogP contribution in [0.3, 0.4) is 0 Å². The van der Waals surface area contributed by atoms with E-state index in [1.165, 1.54) is 12.1 Å². The first kappa shape index (κ1) is 16.0. The number of carbonyl (C=O) groups excluding carboxylic acids is 1. The van der Waals surface area contributed by atoms with Crippen LogP contribution >= 0.6 is 0 Å². The zero-order valence-corrected chi connectivity index (χ0v) is 13.7. The van der Waals surface area contributed by atoms with Crippen molar-refractivity contribution in [1.29, 1.82) is 5.26 Å². The van der Waals surface area contributed by atoms with Gasteiger partial charge in [-0.15, -0.1) is 5.10 Å². The van der Waals surface area contributed by atoms with Crippen molar-refractivity contribution in [2.24, 2.45) is 0 Å². The molecule has 26 heavy (non-hydrogen) atoms. The molecule has 1 aliphatic rings. The average molecular weight is 347 g/mol. The molecule has 0 atom stereocenters. The predicted molar refractivity (Wildman–Crippen MR) is 92.4 cm³/mol. The molecule has 1 heterocycles. The van der Waals surface area contributed by atoms with Crippen LogP contribution in [0.4, 0.5) is 10.1 Å². The highest BCUT2D eigenvalue weighted by Gasteiger charge is 2.34. The van der Waals surface area contributed by atoms with Crippen molar-refractivity contribution in [2.45, 2.75) is 18.8 Å². The highest BCUT2D eigenvalue weighted by Crippen LogP contribution is 2.42. The number of carbonyl (C=O) groups is 1. The lowest BCUT2D eigenvalue weighted by molar-refractivity contribution is 0.102. The third kappa shape index (κ3) is 2.93. The Morgan fingerprint density at radius 1 is 1.23 bits per heavy atom. The van der Waals surface area contributed by atoms with Crippen molar-refractivity contribution in [1.82, 2.24) is 15.0 Å². The minimum atomic E-state index is -0.626. The summed E-state index contributed by atoms with van der Waals surface area (Å²) in [6.45, 7) is 0. The molecule has 0 aliphatic heterocycles. The van der Waals surface area contributed by atoms with Crippen LogP contribution in [-0.4, -0.2) is 20.9 Å². The van der Waals surface area contributed by atoms with Crippen molar-refractivity contribution in [3.05, 3.63) is 71.3 Å². The molecule has 3 aromatic rings. The highest BCUT2D eigenvalue weighted by atomic mass is 19.1. The van der Waals surface area contributed by atoms with Crippen molar-refractivity contribution in [2.75, 3.05) is 5.32 Å². The van der Waals surface area contributed by atoms with Gasteiger partial charge in [-0.25, -0.2) is 9.07 Å². The molecular weight excluding hydrogens is 333 g/mol. The first-order chi connectivity index (χ1) is 12.7. The third-order valence-electron chi connectivity index (χ3n) is 4.23. The van der Waals surface area contributed by atoms with Crippen molar-refractivity contribution in [3.63, 3.8) is 0 Å². The molecule has 4 rings (SSSR count). The zero-order chi connectivity index (χ0) is 18.1. The van der Waals surface area contributed by atoms with Gasteiger partial charge in [0.15, 0.2) is 5.69 Å². The summed E-state index contributed by atoms with van der Waals surface area (Å²) in [5.41, 5.74) is 2.08. The Labute approximate surface area is 148 Å². The topological polar surface area (TPSA) is 83.6 Å². The van der Waals surface area contributed by atoms with Crippen LogP contribution in [0.1, 0.15) is 40.5 Å². The number of aromatic nitrogens is 3. The fourth-order valence-corrected chi connectivity index (χ4v) is 2.81. The van der Waals surface area contributed by atoms with Crippen LogP contribution in [0.2, 0.25) is 0 Å². The number of hydrogen-bond acceptors (Lipinski definition) is 4. The lowest BCUT2D eigenvalue weighted by atomic mass is 10.1. The van der Waals surface area contributed by atoms with E-state index in [0.29, 0.717) is 5.69 Å². The zero-order valence-electron chi connectivity index (χ0n) is 13.7. The van der Waals surface area contributed by atoms with Gasteiger partial charge in [-0.2, -0.15) is 5.26 Å². The predicted octanol–water partition coefficient (Wildman–Crippen LogP) is 3.41. The summed E-state index contributed by atoms with van der Waals surface area (Å²) in [6, 6.07) is 15.1. The third-order valence-corrected chi connectivity index (χ3v) is 4.23. The summed E-state index contributed by atoms with van der Waals surface area (Å²) in [4.78, 5) is 12.7. The molecule has 0 spiro atoms. The Balaban J connectivity index is 1.67. The molecule has 0 saturated heterocycles. The van der Waals surface area contributed by atoms with E-state index in [1.807, 2.05) is 30.3 Å². The van der Waals surface area contributed by atoms with Crippen LogP contribution < -0.4 is 5.32 Å². The Morgan fingerprint density at radius 2 is 2.00 bits per heavy atom. The first-order valence-corrected chi connectivity index (χ1v) is 8.19. The molecule has 1 N–H and O–H groups in total. The number of nitriles is 1. The second-order valence-electron chi connectivity index (χ2n) is 6.11. The fourth-order valence-electron chi connectivity index (χ4n) is 2.81. The van der Waals surface area contributed by atoms with Crippen LogP contribution in [0, 0.1) is 17.1 Å². The van der Waals surface area contributed by atoms with Gasteiger partial charge in [0.2, 0.25) is 0 Å². The normalized spacial score (nSPS) is 13.2. The Kier molecular flexibility index (Phi) is 3.93. The van der Waals surface area contributed by atoms with E-state index < -0.39 is 11.7 Å². The number of amides is 1. The molecule has 1 aromatic heterocycles. The van der Waals surface area contributed by atoms with Gasteiger partial charge in [-0.1, -0.05) is 23.4 Å². The summed E-state index contributed by atoms with van der Waals surface area (Å²) >= 11 is 0. The standard InChI is InChI=1S/C19H14FN5O/c20-16-9-8-14(10-13(16)11-21)22-19(26)17-18(12-6-7-12)25(24-23-17)15-4-2-1-3-5-15/h1-5,8-10,12H,6-7H2,(H,22,26). The largest absolute Gasteiger partial charge is 0.320 e. The monoisotopic (exact) mass is 347 g/mol. The molecule has 1 saturated carbocycles. The lowest BCUT2D eigenvalue weighted by Gasteiger charge is -2.08. The second kappa shape index (κ2) is 6.41. The Morgan fingerprint density at radius 3 is 2.69 bits per heavy atom. The van der Waals surface area contributed by atoms with E-state index in [9.17, 15) is 9.18 Å². The van der Waals surface area contributed by atoms with Crippen molar-refractivity contribution in [3.8, 4) is 11.8 Å². The molecule has 6 nitrogen and oxygen atoms in total. The van der Waals surface area contributed by atoms with Gasteiger partial charge < -0.3 is 5.32 Å². The van der Waals surface area contributed by atoms with Crippen molar-refractivity contribution < 1.29 is 9.18 Å². The summed E-state index contributed by atoms with van der Waals surface area (Å²) in [7, 11) is 0. The average Bonchev–Trinajstić information content (AvgIpc) is 3.41. The molecule has 128 valence electrons. The first-order valence-electron chi connectivity index (χ1n) is 8.19. The number of nitrogens with zero attached hydrogens (tertiary/aromatic N) is 4. The number of halogens is 1. The molecule has 1 amide bonds. The lowest BCUT2D eigenvalue weighted by Crippen LogP contribution is -2.15. The van der Waals surface area contributed by atoms with E-state index in [1.54, 1.807) is 10.8 Å². The van der Waals surface area contributed by atoms with Gasteiger partial charge in [0.05, 0.1) is 16.9 Å². The molecule has 7 heteroatoms. The quantitative estimate of drug-likeness (QED) is 0.784. The van der Waals surface area contributed by atoms with Crippen LogP contribution in [0.5, 0.6) is 0 Å². The van der Waals surface area contributed by atoms with Crippen LogP contribution in [-0.2, 0) is 0 Å². The molecule has 1 fully saturated rings. The Bertz CT molecular complexity index is 1020. The Hall–Kier alpha value is -3.53. The van der Waals surface area contributed by atoms with Crippen LogP contribution in [0.15, 0.2) is 48.5 Å². The highest BCUT2D eigenvalue weighted by molar-refractivity contribution is 6.03. The van der Waals surface area contributed by atoms with Gasteiger partial charge in [0.1, 0.15) is 11.9 Å². The number of nitrogens with one attached hydrogen (secondary N) is 1. The van der Waals surface area contributed by atoms with E-state index in [2.05, 4.69) is 15.6 Å². The van der Waals surface area contributed by atoms with E-state index in [0.717, 1.165) is 30.3 Å². The molecule has 0 unspecified atom stereocenters. The minimum Gasteiger partial charge on any atom is -0.320 e. The van der Waals surface area contributed by atoms with Gasteiger partial charge >= 0.3 is 0 Å².